The molecule has 0 aliphatic heterocycles. The Labute approximate surface area is 125 Å². The van der Waals surface area contributed by atoms with Gasteiger partial charge in [0.2, 0.25) is 0 Å². The second-order valence-corrected chi connectivity index (χ2v) is 5.94. The molecule has 0 atom stereocenters. The summed E-state index contributed by atoms with van der Waals surface area (Å²) < 4.78 is 39.5. The normalized spacial score (nSPS) is 12.1. The van der Waals surface area contributed by atoms with Crippen molar-refractivity contribution in [2.24, 2.45) is 0 Å². The predicted octanol–water partition coefficient (Wildman–Crippen LogP) is 4.36. The summed E-state index contributed by atoms with van der Waals surface area (Å²) in [7, 11) is 0. The number of aromatic nitrogens is 2. The van der Waals surface area contributed by atoms with Gasteiger partial charge in [0, 0.05) is 28.6 Å². The number of nitrogens with two attached hydrogens (primary N) is 1. The maximum Gasteiger partial charge on any atom is 0.416 e. The lowest BCUT2D eigenvalue weighted by molar-refractivity contribution is -0.137. The molecule has 21 heavy (non-hydrogen) atoms. The van der Waals surface area contributed by atoms with Gasteiger partial charge in [-0.05, 0) is 38.1 Å². The Kier molecular flexibility index (Phi) is 4.51. The summed E-state index contributed by atoms with van der Waals surface area (Å²) in [5, 5.41) is 4.39. The molecule has 3 nitrogen and oxygen atoms in total. The van der Waals surface area contributed by atoms with Crippen molar-refractivity contribution in [3.8, 4) is 0 Å². The highest BCUT2D eigenvalue weighted by Gasteiger charge is 2.30. The van der Waals surface area contributed by atoms with E-state index in [1.54, 1.807) is 0 Å². The van der Waals surface area contributed by atoms with Crippen molar-refractivity contribution in [2.75, 3.05) is 5.73 Å². The molecule has 0 saturated carbocycles. The van der Waals surface area contributed by atoms with Crippen molar-refractivity contribution in [2.45, 2.75) is 36.7 Å². The van der Waals surface area contributed by atoms with Crippen molar-refractivity contribution in [1.82, 2.24) is 9.78 Å². The van der Waals surface area contributed by atoms with E-state index < -0.39 is 11.7 Å². The van der Waals surface area contributed by atoms with Gasteiger partial charge in [0.05, 0.1) is 11.3 Å². The Bertz CT molecular complexity index is 620. The average Bonchev–Trinajstić information content (AvgIpc) is 2.85. The van der Waals surface area contributed by atoms with Crippen LogP contribution in [0.4, 0.5) is 18.9 Å². The molecule has 1 heterocycles. The number of rotatable bonds is 4. The first-order valence-corrected chi connectivity index (χ1v) is 7.39. The van der Waals surface area contributed by atoms with Crippen LogP contribution in [0.25, 0.3) is 0 Å². The van der Waals surface area contributed by atoms with E-state index in [-0.39, 0.29) is 11.7 Å². The first kappa shape index (κ1) is 15.8. The Morgan fingerprint density at radius 3 is 2.52 bits per heavy atom. The number of hydrogen-bond acceptors (Lipinski definition) is 3. The summed E-state index contributed by atoms with van der Waals surface area (Å²) in [6, 6.07) is 5.59. The number of benzene rings is 1. The van der Waals surface area contributed by atoms with Gasteiger partial charge < -0.3 is 5.73 Å². The maximum atomic E-state index is 12.6. The van der Waals surface area contributed by atoms with E-state index in [0.29, 0.717) is 10.6 Å². The van der Waals surface area contributed by atoms with Gasteiger partial charge in [-0.3, -0.25) is 4.68 Å². The minimum Gasteiger partial charge on any atom is -0.398 e. The number of hydrogen-bond donors (Lipinski definition) is 1. The van der Waals surface area contributed by atoms with Crippen LogP contribution >= 0.6 is 11.8 Å². The van der Waals surface area contributed by atoms with E-state index >= 15 is 0 Å². The molecule has 0 aliphatic carbocycles. The lowest BCUT2D eigenvalue weighted by Gasteiger charge is -2.10. The number of anilines is 1. The highest BCUT2D eigenvalue weighted by Crippen LogP contribution is 2.35. The molecule has 2 N–H and O–H groups in total. The standard InChI is InChI=1S/C14H16F3N3S/c1-9(2)20-6-5-11(19-20)8-21-13-4-3-10(7-12(13)18)14(15,16)17/h3-7,9H,8,18H2,1-2H3. The zero-order valence-electron chi connectivity index (χ0n) is 11.7. The topological polar surface area (TPSA) is 43.8 Å². The van der Waals surface area contributed by atoms with Gasteiger partial charge in [0.25, 0.3) is 0 Å². The van der Waals surface area contributed by atoms with Gasteiger partial charge in [-0.25, -0.2) is 0 Å². The predicted molar refractivity (Wildman–Crippen MR) is 78.0 cm³/mol. The molecule has 0 saturated heterocycles. The van der Waals surface area contributed by atoms with Gasteiger partial charge >= 0.3 is 6.18 Å². The molecule has 0 unspecified atom stereocenters. The third kappa shape index (κ3) is 3.93. The fourth-order valence-corrected chi connectivity index (χ4v) is 2.60. The average molecular weight is 315 g/mol. The minimum atomic E-state index is -4.37. The smallest absolute Gasteiger partial charge is 0.398 e. The quantitative estimate of drug-likeness (QED) is 0.673. The summed E-state index contributed by atoms with van der Waals surface area (Å²) in [6.45, 7) is 4.05. The first-order chi connectivity index (χ1) is 9.77. The van der Waals surface area contributed by atoms with Crippen molar-refractivity contribution in [3.63, 3.8) is 0 Å². The van der Waals surface area contributed by atoms with Crippen molar-refractivity contribution >= 4 is 17.4 Å². The molecule has 0 amide bonds. The summed E-state index contributed by atoms with van der Waals surface area (Å²) in [6.07, 6.45) is -2.48. The van der Waals surface area contributed by atoms with Crippen LogP contribution in [0.3, 0.4) is 0 Å². The number of nitrogen functional groups attached to an aromatic ring is 1. The first-order valence-electron chi connectivity index (χ1n) is 6.41. The number of nitrogens with zero attached hydrogens (tertiary/aromatic N) is 2. The van der Waals surface area contributed by atoms with Crippen molar-refractivity contribution in [1.29, 1.82) is 0 Å². The van der Waals surface area contributed by atoms with Crippen LogP contribution in [0.15, 0.2) is 35.4 Å². The zero-order valence-corrected chi connectivity index (χ0v) is 12.5. The monoisotopic (exact) mass is 315 g/mol. The molecule has 0 radical (unpaired) electrons. The molecule has 2 aromatic rings. The third-order valence-corrected chi connectivity index (χ3v) is 4.03. The van der Waals surface area contributed by atoms with Gasteiger partial charge in [0.1, 0.15) is 0 Å². The summed E-state index contributed by atoms with van der Waals surface area (Å²) in [5.74, 6) is 0.565. The fraction of sp³-hybridized carbons (Fsp3) is 0.357. The van der Waals surface area contributed by atoms with Gasteiger partial charge in [-0.15, -0.1) is 11.8 Å². The maximum absolute atomic E-state index is 12.6. The number of thioether (sulfide) groups is 1. The minimum absolute atomic E-state index is 0.137. The van der Waals surface area contributed by atoms with Crippen LogP contribution in [0.1, 0.15) is 31.1 Å². The lowest BCUT2D eigenvalue weighted by Crippen LogP contribution is -2.05. The van der Waals surface area contributed by atoms with Crippen LogP contribution in [0.2, 0.25) is 0 Å². The lowest BCUT2D eigenvalue weighted by atomic mass is 10.2. The van der Waals surface area contributed by atoms with Crippen LogP contribution in [-0.2, 0) is 11.9 Å². The summed E-state index contributed by atoms with van der Waals surface area (Å²) in [5.41, 5.74) is 5.97. The Morgan fingerprint density at radius 2 is 2.00 bits per heavy atom. The van der Waals surface area contributed by atoms with Crippen LogP contribution < -0.4 is 5.73 Å². The second kappa shape index (κ2) is 6.01. The van der Waals surface area contributed by atoms with Crippen molar-refractivity contribution < 1.29 is 13.2 Å². The Morgan fingerprint density at radius 1 is 1.29 bits per heavy atom. The highest BCUT2D eigenvalue weighted by atomic mass is 32.2. The summed E-state index contributed by atoms with van der Waals surface area (Å²) in [4.78, 5) is 0.627. The fourth-order valence-electron chi connectivity index (χ4n) is 1.75. The van der Waals surface area contributed by atoms with E-state index in [1.165, 1.54) is 17.8 Å². The van der Waals surface area contributed by atoms with Crippen molar-refractivity contribution in [3.05, 3.63) is 41.7 Å². The van der Waals surface area contributed by atoms with Gasteiger partial charge in [0.15, 0.2) is 0 Å². The SMILES string of the molecule is CC(C)n1ccc(CSc2ccc(C(F)(F)F)cc2N)n1. The van der Waals surface area contributed by atoms with Gasteiger partial charge in [-0.2, -0.15) is 18.3 Å². The highest BCUT2D eigenvalue weighted by molar-refractivity contribution is 7.98. The number of alkyl halides is 3. The van der Waals surface area contributed by atoms with E-state index in [9.17, 15) is 13.2 Å². The van der Waals surface area contributed by atoms with E-state index in [0.717, 1.165) is 17.8 Å². The second-order valence-electron chi connectivity index (χ2n) is 4.92. The van der Waals surface area contributed by atoms with E-state index in [1.807, 2.05) is 30.8 Å². The van der Waals surface area contributed by atoms with E-state index in [4.69, 9.17) is 5.73 Å². The van der Waals surface area contributed by atoms with E-state index in [2.05, 4.69) is 5.10 Å². The molecule has 2 rings (SSSR count). The Balaban J connectivity index is 2.06. The molecule has 114 valence electrons. The van der Waals surface area contributed by atoms with Gasteiger partial charge in [-0.1, -0.05) is 0 Å². The van der Waals surface area contributed by atoms with Crippen LogP contribution in [-0.4, -0.2) is 9.78 Å². The molecular weight excluding hydrogens is 299 g/mol. The largest absolute Gasteiger partial charge is 0.416 e. The molecule has 1 aromatic carbocycles. The Hall–Kier alpha value is -1.63. The van der Waals surface area contributed by atoms with Crippen LogP contribution in [0, 0.1) is 0 Å². The molecule has 7 heteroatoms. The molecule has 0 aliphatic rings. The molecule has 0 bridgehead atoms. The van der Waals surface area contributed by atoms with Crippen LogP contribution in [0.5, 0.6) is 0 Å². The zero-order chi connectivity index (χ0) is 15.6. The molecular formula is C14H16F3N3S. The number of halogens is 3. The molecule has 1 aromatic heterocycles. The third-order valence-electron chi connectivity index (χ3n) is 2.91. The molecule has 0 fully saturated rings. The molecule has 0 spiro atoms. The summed E-state index contributed by atoms with van der Waals surface area (Å²) >= 11 is 1.38.